The summed E-state index contributed by atoms with van der Waals surface area (Å²) in [5.74, 6) is 0.0686. The maximum Gasteiger partial charge on any atom is 0.241 e. The molecule has 1 fully saturated rings. The van der Waals surface area contributed by atoms with Crippen molar-refractivity contribution in [2.24, 2.45) is 0 Å². The second-order valence-corrected chi connectivity index (χ2v) is 5.49. The highest BCUT2D eigenvalue weighted by molar-refractivity contribution is 5.96. The molecule has 102 valence electrons. The van der Waals surface area contributed by atoms with Crippen molar-refractivity contribution in [2.45, 2.75) is 37.8 Å². The van der Waals surface area contributed by atoms with Crippen molar-refractivity contribution in [3.8, 4) is 0 Å². The molecule has 2 N–H and O–H groups in total. The third-order valence-corrected chi connectivity index (χ3v) is 4.13. The van der Waals surface area contributed by atoms with Gasteiger partial charge in [0, 0.05) is 12.2 Å². The second-order valence-electron chi connectivity index (χ2n) is 5.49. The number of nitrogens with zero attached hydrogens (tertiary/aromatic N) is 1. The summed E-state index contributed by atoms with van der Waals surface area (Å²) in [6, 6.07) is 7.88. The van der Waals surface area contributed by atoms with Crippen LogP contribution < -0.4 is 5.32 Å². The molecule has 2 atom stereocenters. The smallest absolute Gasteiger partial charge is 0.241 e. The molecule has 2 aliphatic heterocycles. The summed E-state index contributed by atoms with van der Waals surface area (Å²) in [7, 11) is 0. The van der Waals surface area contributed by atoms with E-state index in [0.29, 0.717) is 6.54 Å². The molecule has 4 heteroatoms. The summed E-state index contributed by atoms with van der Waals surface area (Å²) in [4.78, 5) is 14.5. The fourth-order valence-electron chi connectivity index (χ4n) is 3.11. The fraction of sp³-hybridized carbons (Fsp3) is 0.533. The number of aliphatic hydroxyl groups excluding tert-OH is 1. The van der Waals surface area contributed by atoms with Gasteiger partial charge in [0.15, 0.2) is 0 Å². The number of fused-ring (bicyclic) bond motifs is 1. The Labute approximate surface area is 113 Å². The molecule has 1 aromatic rings. The molecule has 1 aromatic carbocycles. The molecule has 2 unspecified atom stereocenters. The van der Waals surface area contributed by atoms with Crippen molar-refractivity contribution in [3.63, 3.8) is 0 Å². The number of piperidine rings is 1. The van der Waals surface area contributed by atoms with Gasteiger partial charge in [-0.1, -0.05) is 18.2 Å². The van der Waals surface area contributed by atoms with E-state index in [1.165, 1.54) is 5.56 Å². The monoisotopic (exact) mass is 260 g/mol. The average molecular weight is 260 g/mol. The Morgan fingerprint density at radius 1 is 1.26 bits per heavy atom. The van der Waals surface area contributed by atoms with Gasteiger partial charge in [-0.25, -0.2) is 0 Å². The number of hydrogen-bond acceptors (Lipinski definition) is 3. The third-order valence-electron chi connectivity index (χ3n) is 4.13. The number of para-hydroxylation sites is 1. The lowest BCUT2D eigenvalue weighted by atomic mass is 10.0. The van der Waals surface area contributed by atoms with E-state index in [9.17, 15) is 9.90 Å². The zero-order valence-corrected chi connectivity index (χ0v) is 11.0. The number of amides is 1. The molecular formula is C15H20N2O2. The van der Waals surface area contributed by atoms with Crippen LogP contribution in [0.5, 0.6) is 0 Å². The first-order chi connectivity index (χ1) is 9.24. The van der Waals surface area contributed by atoms with Crippen LogP contribution in [0, 0.1) is 0 Å². The van der Waals surface area contributed by atoms with Crippen molar-refractivity contribution in [1.82, 2.24) is 4.90 Å². The van der Waals surface area contributed by atoms with Gasteiger partial charge in [0.05, 0.1) is 12.1 Å². The zero-order chi connectivity index (χ0) is 13.2. The molecule has 1 amide bonds. The molecule has 0 aliphatic carbocycles. The van der Waals surface area contributed by atoms with E-state index in [2.05, 4.69) is 16.3 Å². The van der Waals surface area contributed by atoms with E-state index in [4.69, 9.17) is 0 Å². The number of aliphatic hydroxyl groups is 1. The van der Waals surface area contributed by atoms with Crippen LogP contribution in [0.3, 0.4) is 0 Å². The lowest BCUT2D eigenvalue weighted by Gasteiger charge is -2.35. The summed E-state index contributed by atoms with van der Waals surface area (Å²) >= 11 is 0. The van der Waals surface area contributed by atoms with Gasteiger partial charge in [-0.05, 0) is 43.9 Å². The largest absolute Gasteiger partial charge is 0.392 e. The zero-order valence-electron chi connectivity index (χ0n) is 11.0. The van der Waals surface area contributed by atoms with Gasteiger partial charge in [-0.15, -0.1) is 0 Å². The van der Waals surface area contributed by atoms with Crippen molar-refractivity contribution >= 4 is 11.6 Å². The predicted octanol–water partition coefficient (Wildman–Crippen LogP) is 1.40. The van der Waals surface area contributed by atoms with Crippen LogP contribution in [0.25, 0.3) is 0 Å². The number of hydrogen-bond donors (Lipinski definition) is 2. The molecule has 19 heavy (non-hydrogen) atoms. The summed E-state index contributed by atoms with van der Waals surface area (Å²) < 4.78 is 0. The Kier molecular flexibility index (Phi) is 3.53. The van der Waals surface area contributed by atoms with Crippen LogP contribution in [0.4, 0.5) is 5.69 Å². The summed E-state index contributed by atoms with van der Waals surface area (Å²) in [5, 5.41) is 12.8. The van der Waals surface area contributed by atoms with Gasteiger partial charge in [-0.3, -0.25) is 9.69 Å². The SMILES string of the molecule is O=C1Nc2ccccc2CCC1N1CCCC(O)C1. The Bertz CT molecular complexity index is 475. The minimum atomic E-state index is -0.285. The van der Waals surface area contributed by atoms with E-state index < -0.39 is 0 Å². The van der Waals surface area contributed by atoms with Gasteiger partial charge in [0.2, 0.25) is 5.91 Å². The number of carbonyl (C=O) groups is 1. The molecular weight excluding hydrogens is 240 g/mol. The van der Waals surface area contributed by atoms with Crippen molar-refractivity contribution in [3.05, 3.63) is 29.8 Å². The molecule has 4 nitrogen and oxygen atoms in total. The van der Waals surface area contributed by atoms with Crippen molar-refractivity contribution in [1.29, 1.82) is 0 Å². The molecule has 2 aliphatic rings. The maximum atomic E-state index is 12.3. The van der Waals surface area contributed by atoms with Crippen LogP contribution in [-0.2, 0) is 11.2 Å². The molecule has 0 radical (unpaired) electrons. The van der Waals surface area contributed by atoms with Crippen molar-refractivity contribution in [2.75, 3.05) is 18.4 Å². The molecule has 0 spiro atoms. The molecule has 1 saturated heterocycles. The van der Waals surface area contributed by atoms with E-state index in [0.717, 1.165) is 37.9 Å². The van der Waals surface area contributed by atoms with Crippen LogP contribution in [-0.4, -0.2) is 41.1 Å². The third kappa shape index (κ3) is 2.65. The first-order valence-corrected chi connectivity index (χ1v) is 7.05. The normalized spacial score (nSPS) is 28.4. The lowest BCUT2D eigenvalue weighted by molar-refractivity contribution is -0.122. The van der Waals surface area contributed by atoms with E-state index >= 15 is 0 Å². The summed E-state index contributed by atoms with van der Waals surface area (Å²) in [5.41, 5.74) is 2.14. The minimum absolute atomic E-state index is 0.0686. The Morgan fingerprint density at radius 3 is 2.95 bits per heavy atom. The highest BCUT2D eigenvalue weighted by Crippen LogP contribution is 2.25. The number of β-amino-alcohol motifs (C(OH)–C–C–N with tert-alkyl or cyclic N) is 1. The maximum absolute atomic E-state index is 12.3. The highest BCUT2D eigenvalue weighted by atomic mass is 16.3. The van der Waals surface area contributed by atoms with Gasteiger partial charge < -0.3 is 10.4 Å². The number of anilines is 1. The Hall–Kier alpha value is -1.39. The number of benzene rings is 1. The molecule has 2 heterocycles. The number of nitrogens with one attached hydrogen (secondary N) is 1. The van der Waals surface area contributed by atoms with Gasteiger partial charge in [0.25, 0.3) is 0 Å². The quantitative estimate of drug-likeness (QED) is 0.802. The van der Waals surface area contributed by atoms with Gasteiger partial charge in [0.1, 0.15) is 0 Å². The fourth-order valence-corrected chi connectivity index (χ4v) is 3.11. The number of carbonyl (C=O) groups excluding carboxylic acids is 1. The number of rotatable bonds is 1. The van der Waals surface area contributed by atoms with Crippen molar-refractivity contribution < 1.29 is 9.90 Å². The van der Waals surface area contributed by atoms with E-state index in [1.807, 2.05) is 18.2 Å². The van der Waals surface area contributed by atoms with Gasteiger partial charge in [-0.2, -0.15) is 0 Å². The predicted molar refractivity (Wildman–Crippen MR) is 74.0 cm³/mol. The Morgan fingerprint density at radius 2 is 2.11 bits per heavy atom. The standard InChI is InChI=1S/C15H20N2O2/c18-12-5-3-9-17(10-12)14-8-7-11-4-1-2-6-13(11)16-15(14)19/h1-2,4,6,12,14,18H,3,5,7-10H2,(H,16,19). The molecule has 0 saturated carbocycles. The van der Waals surface area contributed by atoms with Crippen LogP contribution in [0.15, 0.2) is 24.3 Å². The molecule has 0 bridgehead atoms. The van der Waals surface area contributed by atoms with Crippen LogP contribution in [0.1, 0.15) is 24.8 Å². The lowest BCUT2D eigenvalue weighted by Crippen LogP contribution is -2.49. The van der Waals surface area contributed by atoms with E-state index in [1.54, 1.807) is 0 Å². The first kappa shape index (κ1) is 12.6. The average Bonchev–Trinajstić information content (AvgIpc) is 2.57. The highest BCUT2D eigenvalue weighted by Gasteiger charge is 2.31. The number of aryl methyl sites for hydroxylation is 1. The summed E-state index contributed by atoms with van der Waals surface area (Å²) in [6.45, 7) is 1.53. The number of likely N-dealkylation sites (tertiary alicyclic amines) is 1. The molecule has 0 aromatic heterocycles. The minimum Gasteiger partial charge on any atom is -0.392 e. The van der Waals surface area contributed by atoms with E-state index in [-0.39, 0.29) is 18.1 Å². The topological polar surface area (TPSA) is 52.6 Å². The second kappa shape index (κ2) is 5.31. The first-order valence-electron chi connectivity index (χ1n) is 7.05. The summed E-state index contributed by atoms with van der Waals surface area (Å²) in [6.07, 6.45) is 3.28. The van der Waals surface area contributed by atoms with Crippen LogP contribution in [0.2, 0.25) is 0 Å². The molecule has 3 rings (SSSR count). The van der Waals surface area contributed by atoms with Crippen LogP contribution >= 0.6 is 0 Å². The van der Waals surface area contributed by atoms with Gasteiger partial charge >= 0.3 is 0 Å². The Balaban J connectivity index is 1.77.